The quantitative estimate of drug-likeness (QED) is 0.531. The molecule has 0 aliphatic carbocycles. The van der Waals surface area contributed by atoms with E-state index in [-0.39, 0.29) is 15.8 Å². The van der Waals surface area contributed by atoms with Gasteiger partial charge in [-0.25, -0.2) is 0 Å². The number of hydrogen-bond acceptors (Lipinski definition) is 0. The highest BCUT2D eigenvalue weighted by atomic mass is 31.1. The maximum Gasteiger partial charge on any atom is -0.0164 e. The first-order valence-electron chi connectivity index (χ1n) is 7.38. The molecule has 1 aliphatic heterocycles. The molecule has 2 heteroatoms. The van der Waals surface area contributed by atoms with E-state index in [9.17, 15) is 0 Å². The van der Waals surface area contributed by atoms with Crippen LogP contribution in [0.1, 0.15) is 39.0 Å². The Balaban J connectivity index is 2.06. The van der Waals surface area contributed by atoms with E-state index < -0.39 is 0 Å². The van der Waals surface area contributed by atoms with Crippen LogP contribution < -0.4 is 10.6 Å². The van der Waals surface area contributed by atoms with Crippen LogP contribution in [-0.4, -0.2) is 25.2 Å². The summed E-state index contributed by atoms with van der Waals surface area (Å²) < 4.78 is 0. The zero-order valence-corrected chi connectivity index (χ0v) is 13.6. The van der Waals surface area contributed by atoms with E-state index in [1.807, 2.05) is 0 Å². The summed E-state index contributed by atoms with van der Waals surface area (Å²) in [6.45, 7) is 4.79. The van der Waals surface area contributed by atoms with Crippen LogP contribution in [0, 0.1) is 0 Å². The highest BCUT2D eigenvalue weighted by Crippen LogP contribution is 2.44. The van der Waals surface area contributed by atoms with Crippen molar-refractivity contribution in [1.29, 1.82) is 0 Å². The summed E-state index contributed by atoms with van der Waals surface area (Å²) in [7, 11) is 0.296. The van der Waals surface area contributed by atoms with Gasteiger partial charge in [0.05, 0.1) is 0 Å². The van der Waals surface area contributed by atoms with Crippen molar-refractivity contribution in [2.24, 2.45) is 0 Å². The minimum absolute atomic E-state index is 0.0920. The number of hydrogen-bond donors (Lipinski definition) is 0. The van der Waals surface area contributed by atoms with Gasteiger partial charge in [-0.1, -0.05) is 59.9 Å². The van der Waals surface area contributed by atoms with Gasteiger partial charge in [0.25, 0.3) is 0 Å². The molecule has 1 aliphatic rings. The highest BCUT2D eigenvalue weighted by Gasteiger charge is 2.20. The van der Waals surface area contributed by atoms with Crippen molar-refractivity contribution in [2.75, 3.05) is 25.2 Å². The zero-order chi connectivity index (χ0) is 12.8. The Labute approximate surface area is 115 Å². The first-order chi connectivity index (χ1) is 8.83. The molecule has 1 unspecified atom stereocenters. The van der Waals surface area contributed by atoms with Crippen LogP contribution in [-0.2, 0) is 0 Å². The smallest absolute Gasteiger partial charge is 0.0164 e. The predicted octanol–water partition coefficient (Wildman–Crippen LogP) is 4.51. The summed E-state index contributed by atoms with van der Waals surface area (Å²) in [4.78, 5) is 0. The lowest BCUT2D eigenvalue weighted by Crippen LogP contribution is -2.22. The van der Waals surface area contributed by atoms with Crippen LogP contribution in [0.4, 0.5) is 0 Å². The van der Waals surface area contributed by atoms with Crippen LogP contribution in [0.25, 0.3) is 0 Å². The molecule has 18 heavy (non-hydrogen) atoms. The largest absolute Gasteiger partial charge is 0.0778 e. The first kappa shape index (κ1) is 14.5. The van der Waals surface area contributed by atoms with Gasteiger partial charge in [0.2, 0.25) is 0 Å². The summed E-state index contributed by atoms with van der Waals surface area (Å²) in [5, 5.41) is 3.49. The van der Waals surface area contributed by atoms with Gasteiger partial charge >= 0.3 is 0 Å². The second-order valence-corrected chi connectivity index (χ2v) is 10.1. The fraction of sp³-hybridized carbons (Fsp3) is 0.625. The third-order valence-electron chi connectivity index (χ3n) is 3.84. The summed E-state index contributed by atoms with van der Waals surface area (Å²) in [6.07, 6.45) is 11.5. The molecule has 0 amide bonds. The second-order valence-electron chi connectivity index (χ2n) is 5.31. The lowest BCUT2D eigenvalue weighted by Gasteiger charge is -2.21. The van der Waals surface area contributed by atoms with Crippen molar-refractivity contribution in [1.82, 2.24) is 0 Å². The Morgan fingerprint density at radius 1 is 1.11 bits per heavy atom. The lowest BCUT2D eigenvalue weighted by atomic mass is 10.3. The molecule has 2 rings (SSSR count). The third-order valence-corrected chi connectivity index (χ3v) is 9.00. The van der Waals surface area contributed by atoms with Crippen molar-refractivity contribution in [3.05, 3.63) is 24.3 Å². The van der Waals surface area contributed by atoms with Gasteiger partial charge in [-0.15, -0.1) is 0 Å². The van der Waals surface area contributed by atoms with Gasteiger partial charge in [-0.3, -0.25) is 0 Å². The SMILES string of the molecule is CCCCCP(C)c1ccccc1P1CCCC1. The molecule has 0 aromatic heterocycles. The Bertz CT molecular complexity index is 356. The van der Waals surface area contributed by atoms with Crippen molar-refractivity contribution < 1.29 is 0 Å². The molecule has 0 N–H and O–H groups in total. The molecule has 0 saturated carbocycles. The Morgan fingerprint density at radius 2 is 1.83 bits per heavy atom. The van der Waals surface area contributed by atoms with Crippen molar-refractivity contribution >= 4 is 26.5 Å². The molecular formula is C16H26P2. The summed E-state index contributed by atoms with van der Waals surface area (Å²) >= 11 is 0. The topological polar surface area (TPSA) is 0 Å². The maximum atomic E-state index is 2.50. The van der Waals surface area contributed by atoms with Crippen molar-refractivity contribution in [3.8, 4) is 0 Å². The third kappa shape index (κ3) is 3.79. The Morgan fingerprint density at radius 3 is 2.56 bits per heavy atom. The summed E-state index contributed by atoms with van der Waals surface area (Å²) in [5.74, 6) is 0. The highest BCUT2D eigenvalue weighted by molar-refractivity contribution is 7.71. The number of unbranched alkanes of at least 4 members (excludes halogenated alkanes) is 2. The molecule has 1 heterocycles. The van der Waals surface area contributed by atoms with Gasteiger partial charge in [0, 0.05) is 0 Å². The molecular weight excluding hydrogens is 254 g/mol. The van der Waals surface area contributed by atoms with Gasteiger partial charge in [0.1, 0.15) is 0 Å². The molecule has 1 fully saturated rings. The van der Waals surface area contributed by atoms with E-state index in [1.165, 1.54) is 50.6 Å². The zero-order valence-electron chi connectivity index (χ0n) is 11.9. The van der Waals surface area contributed by atoms with Crippen LogP contribution >= 0.6 is 15.8 Å². The molecule has 0 spiro atoms. The Kier molecular flexibility index (Phi) is 6.13. The van der Waals surface area contributed by atoms with E-state index >= 15 is 0 Å². The van der Waals surface area contributed by atoms with Crippen LogP contribution in [0.2, 0.25) is 0 Å². The van der Waals surface area contributed by atoms with Gasteiger partial charge in [-0.05, 0) is 55.0 Å². The van der Waals surface area contributed by atoms with E-state index in [1.54, 1.807) is 10.6 Å². The van der Waals surface area contributed by atoms with E-state index in [4.69, 9.17) is 0 Å². The molecule has 0 bridgehead atoms. The van der Waals surface area contributed by atoms with E-state index in [0.717, 1.165) is 0 Å². The predicted molar refractivity (Wildman–Crippen MR) is 88.8 cm³/mol. The Hall–Kier alpha value is 0.0800. The van der Waals surface area contributed by atoms with Gasteiger partial charge in [0.15, 0.2) is 0 Å². The maximum absolute atomic E-state index is 2.50. The van der Waals surface area contributed by atoms with Crippen molar-refractivity contribution in [3.63, 3.8) is 0 Å². The summed E-state index contributed by atoms with van der Waals surface area (Å²) in [5.41, 5.74) is 0. The van der Waals surface area contributed by atoms with Gasteiger partial charge < -0.3 is 0 Å². The normalized spacial score (nSPS) is 18.1. The molecule has 1 atom stereocenters. The van der Waals surface area contributed by atoms with Gasteiger partial charge in [-0.2, -0.15) is 0 Å². The standard InChI is InChI=1S/C16H26P2/c1-3-4-7-12-17(2)15-10-5-6-11-16(15)18-13-8-9-14-18/h5-6,10-11H,3-4,7-9,12-14H2,1-2H3. The molecule has 100 valence electrons. The fourth-order valence-electron chi connectivity index (χ4n) is 2.73. The average Bonchev–Trinajstić information content (AvgIpc) is 2.93. The molecule has 0 nitrogen and oxygen atoms in total. The summed E-state index contributed by atoms with van der Waals surface area (Å²) in [6, 6.07) is 9.37. The van der Waals surface area contributed by atoms with Crippen LogP contribution in [0.5, 0.6) is 0 Å². The molecule has 1 aromatic rings. The van der Waals surface area contributed by atoms with Crippen LogP contribution in [0.3, 0.4) is 0 Å². The molecule has 1 aromatic carbocycles. The van der Waals surface area contributed by atoms with E-state index in [0.29, 0.717) is 0 Å². The monoisotopic (exact) mass is 280 g/mol. The molecule has 1 saturated heterocycles. The average molecular weight is 280 g/mol. The number of rotatable bonds is 6. The van der Waals surface area contributed by atoms with Crippen molar-refractivity contribution in [2.45, 2.75) is 39.0 Å². The van der Waals surface area contributed by atoms with Crippen LogP contribution in [0.15, 0.2) is 24.3 Å². The second kappa shape index (κ2) is 7.62. The number of benzene rings is 1. The minimum atomic E-state index is 0.0920. The first-order valence-corrected chi connectivity index (χ1v) is 11.1. The minimum Gasteiger partial charge on any atom is -0.0778 e. The van der Waals surface area contributed by atoms with E-state index in [2.05, 4.69) is 37.9 Å². The fourth-order valence-corrected chi connectivity index (χ4v) is 8.02. The molecule has 0 radical (unpaired) electrons. The lowest BCUT2D eigenvalue weighted by molar-refractivity contribution is 0.777.